The summed E-state index contributed by atoms with van der Waals surface area (Å²) in [7, 11) is -3.48. The monoisotopic (exact) mass is 547 g/mol. The zero-order chi connectivity index (χ0) is 26.8. The van der Waals surface area contributed by atoms with Crippen molar-refractivity contribution >= 4 is 38.9 Å². The van der Waals surface area contributed by atoms with Gasteiger partial charge in [-0.1, -0.05) is 72.6 Å². The second kappa shape index (κ2) is 11.1. The average Bonchev–Trinajstić information content (AvgIpc) is 2.80. The molecule has 0 unspecified atom stereocenters. The molecule has 0 N–H and O–H groups in total. The highest BCUT2D eigenvalue weighted by atomic mass is 35.5. The third kappa shape index (κ3) is 5.90. The standard InChI is InChI=1S/C29H35Cl2NO3S/c1-7-15-29(6)17-25(22-9-8-10-24(31)16-22)27(21-11-13-23(30)14-12-21)32(28(29)33)26(19(2)3)18-36(34,35)20(4)5/h7-14,16,20,25-27H,1-2,15,17-18H2,3-6H3/t25-,26-,27-,29+/m1/s1. The molecule has 1 aliphatic rings. The molecule has 2 aromatic carbocycles. The van der Waals surface area contributed by atoms with Gasteiger partial charge in [0, 0.05) is 16.0 Å². The van der Waals surface area contributed by atoms with Gasteiger partial charge < -0.3 is 4.90 Å². The molecular formula is C29H35Cl2NO3S. The Morgan fingerprint density at radius 3 is 2.31 bits per heavy atom. The summed E-state index contributed by atoms with van der Waals surface area (Å²) >= 11 is 12.6. The first-order chi connectivity index (χ1) is 16.8. The number of halogens is 2. The quantitative estimate of drug-likeness (QED) is 0.307. The summed E-state index contributed by atoms with van der Waals surface area (Å²) in [6.45, 7) is 15.1. The highest BCUT2D eigenvalue weighted by Crippen LogP contribution is 2.52. The molecular weight excluding hydrogens is 513 g/mol. The van der Waals surface area contributed by atoms with E-state index >= 15 is 0 Å². The van der Waals surface area contributed by atoms with Gasteiger partial charge >= 0.3 is 0 Å². The molecule has 1 amide bonds. The summed E-state index contributed by atoms with van der Waals surface area (Å²) in [5.74, 6) is -0.439. The van der Waals surface area contributed by atoms with Gasteiger partial charge in [0.2, 0.25) is 5.91 Å². The van der Waals surface area contributed by atoms with Crippen LogP contribution in [0.3, 0.4) is 0 Å². The highest BCUT2D eigenvalue weighted by Gasteiger charge is 2.51. The van der Waals surface area contributed by atoms with E-state index in [0.717, 1.165) is 11.1 Å². The second-order valence-corrected chi connectivity index (χ2v) is 13.8. The maximum Gasteiger partial charge on any atom is 0.229 e. The topological polar surface area (TPSA) is 54.5 Å². The van der Waals surface area contributed by atoms with Crippen molar-refractivity contribution in [1.29, 1.82) is 0 Å². The van der Waals surface area contributed by atoms with Crippen molar-refractivity contribution < 1.29 is 13.2 Å². The lowest BCUT2D eigenvalue weighted by Gasteiger charge is -2.52. The van der Waals surface area contributed by atoms with E-state index in [0.29, 0.717) is 28.5 Å². The number of benzene rings is 2. The molecule has 36 heavy (non-hydrogen) atoms. The minimum absolute atomic E-state index is 0.104. The second-order valence-electron chi connectivity index (χ2n) is 10.4. The molecule has 0 bridgehead atoms. The summed E-state index contributed by atoms with van der Waals surface area (Å²) in [4.78, 5) is 16.1. The predicted octanol–water partition coefficient (Wildman–Crippen LogP) is 7.40. The number of carbonyl (C=O) groups excluding carboxylic acids is 1. The minimum Gasteiger partial charge on any atom is -0.327 e. The fourth-order valence-corrected chi connectivity index (χ4v) is 6.70. The van der Waals surface area contributed by atoms with Gasteiger partial charge in [0.25, 0.3) is 0 Å². The van der Waals surface area contributed by atoms with Crippen LogP contribution in [0.5, 0.6) is 0 Å². The molecule has 1 fully saturated rings. The van der Waals surface area contributed by atoms with Gasteiger partial charge in [-0.25, -0.2) is 8.42 Å². The molecule has 2 aromatic rings. The molecule has 194 valence electrons. The fraction of sp³-hybridized carbons (Fsp3) is 0.414. The Morgan fingerprint density at radius 1 is 1.14 bits per heavy atom. The Morgan fingerprint density at radius 2 is 1.78 bits per heavy atom. The van der Waals surface area contributed by atoms with E-state index < -0.39 is 32.6 Å². The van der Waals surface area contributed by atoms with Crippen molar-refractivity contribution in [2.45, 2.75) is 63.8 Å². The van der Waals surface area contributed by atoms with Gasteiger partial charge in [0.15, 0.2) is 9.84 Å². The smallest absolute Gasteiger partial charge is 0.229 e. The third-order valence-electron chi connectivity index (χ3n) is 7.20. The first kappa shape index (κ1) is 28.5. The predicted molar refractivity (Wildman–Crippen MR) is 150 cm³/mol. The Labute approximate surface area is 225 Å². The van der Waals surface area contributed by atoms with E-state index in [4.69, 9.17) is 23.2 Å². The largest absolute Gasteiger partial charge is 0.327 e. The van der Waals surface area contributed by atoms with Crippen molar-refractivity contribution in [2.75, 3.05) is 5.75 Å². The van der Waals surface area contributed by atoms with Crippen LogP contribution in [0.4, 0.5) is 0 Å². The summed E-state index contributed by atoms with van der Waals surface area (Å²) < 4.78 is 26.3. The summed E-state index contributed by atoms with van der Waals surface area (Å²) in [6, 6.07) is 14.0. The van der Waals surface area contributed by atoms with Crippen LogP contribution in [0.1, 0.15) is 63.6 Å². The van der Waals surface area contributed by atoms with E-state index in [1.165, 1.54) is 0 Å². The number of rotatable bonds is 9. The van der Waals surface area contributed by atoms with Gasteiger partial charge in [0.1, 0.15) is 0 Å². The molecule has 3 rings (SSSR count). The Bertz CT molecular complexity index is 1240. The Hall–Kier alpha value is -2.08. The number of piperidine rings is 1. The van der Waals surface area contributed by atoms with Crippen LogP contribution in [-0.2, 0) is 14.6 Å². The van der Waals surface area contributed by atoms with Crippen LogP contribution in [-0.4, -0.2) is 36.3 Å². The van der Waals surface area contributed by atoms with Crippen molar-refractivity contribution in [3.63, 3.8) is 0 Å². The van der Waals surface area contributed by atoms with Crippen LogP contribution in [0, 0.1) is 5.41 Å². The van der Waals surface area contributed by atoms with Gasteiger partial charge in [-0.2, -0.15) is 0 Å². The normalized spacial score (nSPS) is 23.5. The van der Waals surface area contributed by atoms with Gasteiger partial charge in [-0.3, -0.25) is 4.79 Å². The summed E-state index contributed by atoms with van der Waals surface area (Å²) in [5.41, 5.74) is 1.72. The molecule has 7 heteroatoms. The Balaban J connectivity index is 2.30. The number of carbonyl (C=O) groups is 1. The molecule has 0 saturated carbocycles. The fourth-order valence-electron chi connectivity index (χ4n) is 5.10. The van der Waals surface area contributed by atoms with E-state index in [9.17, 15) is 13.2 Å². The van der Waals surface area contributed by atoms with Gasteiger partial charge in [0.05, 0.1) is 28.5 Å². The maximum atomic E-state index is 14.3. The molecule has 0 spiro atoms. The van der Waals surface area contributed by atoms with E-state index in [1.54, 1.807) is 43.9 Å². The highest BCUT2D eigenvalue weighted by molar-refractivity contribution is 7.92. The molecule has 4 nitrogen and oxygen atoms in total. The molecule has 1 aliphatic heterocycles. The first-order valence-electron chi connectivity index (χ1n) is 12.1. The van der Waals surface area contributed by atoms with Crippen LogP contribution in [0.2, 0.25) is 10.0 Å². The van der Waals surface area contributed by atoms with Crippen LogP contribution >= 0.6 is 23.2 Å². The lowest BCUT2D eigenvalue weighted by Crippen LogP contribution is -2.57. The lowest BCUT2D eigenvalue weighted by molar-refractivity contribution is -0.152. The van der Waals surface area contributed by atoms with Crippen molar-refractivity contribution in [3.8, 4) is 0 Å². The van der Waals surface area contributed by atoms with Crippen LogP contribution in [0.15, 0.2) is 73.3 Å². The number of hydrogen-bond donors (Lipinski definition) is 0. The number of hydrogen-bond acceptors (Lipinski definition) is 3. The number of amides is 1. The number of allylic oxidation sites excluding steroid dienone is 1. The molecule has 0 radical (unpaired) electrons. The maximum absolute atomic E-state index is 14.3. The summed E-state index contributed by atoms with van der Waals surface area (Å²) in [6.07, 6.45) is 2.78. The molecule has 4 atom stereocenters. The number of likely N-dealkylation sites (tertiary alicyclic amines) is 1. The van der Waals surface area contributed by atoms with E-state index in [-0.39, 0.29) is 17.6 Å². The lowest BCUT2D eigenvalue weighted by atomic mass is 9.67. The zero-order valence-corrected chi connectivity index (χ0v) is 23.7. The first-order valence-corrected chi connectivity index (χ1v) is 14.6. The van der Waals surface area contributed by atoms with Gasteiger partial charge in [-0.05, 0) is 69.0 Å². The van der Waals surface area contributed by atoms with Crippen LogP contribution in [0.25, 0.3) is 0 Å². The van der Waals surface area contributed by atoms with Crippen molar-refractivity contribution in [1.82, 2.24) is 4.90 Å². The van der Waals surface area contributed by atoms with Gasteiger partial charge in [-0.15, -0.1) is 6.58 Å². The Kier molecular flexibility index (Phi) is 8.80. The van der Waals surface area contributed by atoms with Crippen molar-refractivity contribution in [3.05, 3.63) is 94.5 Å². The molecule has 0 aliphatic carbocycles. The molecule has 1 saturated heterocycles. The van der Waals surface area contributed by atoms with E-state index in [2.05, 4.69) is 13.2 Å². The number of sulfone groups is 1. The van der Waals surface area contributed by atoms with Crippen LogP contribution < -0.4 is 0 Å². The molecule has 1 heterocycles. The minimum atomic E-state index is -3.48. The van der Waals surface area contributed by atoms with Crippen molar-refractivity contribution in [2.24, 2.45) is 5.41 Å². The number of nitrogens with zero attached hydrogens (tertiary/aromatic N) is 1. The zero-order valence-electron chi connectivity index (χ0n) is 21.4. The molecule has 0 aromatic heterocycles. The van der Waals surface area contributed by atoms with E-state index in [1.807, 2.05) is 43.3 Å². The third-order valence-corrected chi connectivity index (χ3v) is 9.90. The SMILES string of the molecule is C=CC[C@@]1(C)C[C@H](c2cccc(Cl)c2)[C@@H](c2ccc(Cl)cc2)N([C@H](CS(=O)(=O)C(C)C)C(=C)C)C1=O. The summed E-state index contributed by atoms with van der Waals surface area (Å²) in [5, 5.41) is 0.619. The average molecular weight is 549 g/mol.